The van der Waals surface area contributed by atoms with Crippen LogP contribution in [0.2, 0.25) is 4.34 Å². The Bertz CT molecular complexity index is 609. The van der Waals surface area contributed by atoms with Gasteiger partial charge >= 0.3 is 0 Å². The van der Waals surface area contributed by atoms with Crippen molar-refractivity contribution >= 4 is 40.5 Å². The molecule has 1 aromatic heterocycles. The zero-order valence-electron chi connectivity index (χ0n) is 9.97. The quantitative estimate of drug-likeness (QED) is 0.855. The SMILES string of the molecule is O=C(Cc1ccc(Cl)s1)C1CSc2ccccc2O1. The fraction of sp³-hybridized carbons (Fsp3) is 0.214. The van der Waals surface area contributed by atoms with Crippen LogP contribution in [0.4, 0.5) is 0 Å². The van der Waals surface area contributed by atoms with E-state index in [4.69, 9.17) is 16.3 Å². The van der Waals surface area contributed by atoms with Gasteiger partial charge in [-0.1, -0.05) is 23.7 Å². The number of fused-ring (bicyclic) bond motifs is 1. The lowest BCUT2D eigenvalue weighted by atomic mass is 10.1. The van der Waals surface area contributed by atoms with E-state index in [-0.39, 0.29) is 11.9 Å². The molecule has 19 heavy (non-hydrogen) atoms. The molecule has 98 valence electrons. The molecular formula is C14H11ClO2S2. The van der Waals surface area contributed by atoms with Crippen molar-refractivity contribution in [1.29, 1.82) is 0 Å². The maximum atomic E-state index is 12.2. The molecule has 0 N–H and O–H groups in total. The van der Waals surface area contributed by atoms with Crippen molar-refractivity contribution < 1.29 is 9.53 Å². The van der Waals surface area contributed by atoms with Crippen molar-refractivity contribution in [2.75, 3.05) is 5.75 Å². The number of thioether (sulfide) groups is 1. The molecule has 0 fully saturated rings. The van der Waals surface area contributed by atoms with Crippen LogP contribution >= 0.6 is 34.7 Å². The average molecular weight is 311 g/mol. The first kappa shape index (κ1) is 13.0. The summed E-state index contributed by atoms with van der Waals surface area (Å²) in [5, 5.41) is 0. The minimum Gasteiger partial charge on any atom is -0.481 e. The lowest BCUT2D eigenvalue weighted by Gasteiger charge is -2.24. The first-order chi connectivity index (χ1) is 9.22. The van der Waals surface area contributed by atoms with E-state index >= 15 is 0 Å². The van der Waals surface area contributed by atoms with Gasteiger partial charge in [0.25, 0.3) is 0 Å². The zero-order chi connectivity index (χ0) is 13.2. The first-order valence-corrected chi connectivity index (χ1v) is 8.06. The Labute approximate surface area is 124 Å². The average Bonchev–Trinajstić information content (AvgIpc) is 2.83. The van der Waals surface area contributed by atoms with Crippen molar-refractivity contribution in [3.8, 4) is 5.75 Å². The number of ether oxygens (including phenoxy) is 1. The molecular weight excluding hydrogens is 300 g/mol. The van der Waals surface area contributed by atoms with Gasteiger partial charge in [0.1, 0.15) is 5.75 Å². The van der Waals surface area contributed by atoms with Crippen molar-refractivity contribution in [2.45, 2.75) is 17.4 Å². The summed E-state index contributed by atoms with van der Waals surface area (Å²) in [6.07, 6.45) is 0.0332. The Morgan fingerprint density at radius 2 is 2.16 bits per heavy atom. The highest BCUT2D eigenvalue weighted by Gasteiger charge is 2.26. The number of halogens is 1. The maximum absolute atomic E-state index is 12.2. The summed E-state index contributed by atoms with van der Waals surface area (Å²) in [5.74, 6) is 1.59. The molecule has 2 aromatic rings. The number of benzene rings is 1. The predicted octanol–water partition coefficient (Wildman–Crippen LogP) is 4.07. The van der Waals surface area contributed by atoms with E-state index in [9.17, 15) is 4.79 Å². The number of thiophene rings is 1. The molecule has 0 radical (unpaired) electrons. The Hall–Kier alpha value is -0.970. The Kier molecular flexibility index (Phi) is 3.82. The summed E-state index contributed by atoms with van der Waals surface area (Å²) >= 11 is 8.99. The third-order valence-corrected chi connectivity index (χ3v) is 5.19. The van der Waals surface area contributed by atoms with Crippen LogP contribution in [0.1, 0.15) is 4.88 Å². The predicted molar refractivity (Wildman–Crippen MR) is 79.6 cm³/mol. The Morgan fingerprint density at radius 1 is 1.32 bits per heavy atom. The molecule has 2 nitrogen and oxygen atoms in total. The fourth-order valence-corrected chi connectivity index (χ4v) is 4.03. The minimum atomic E-state index is -0.360. The molecule has 1 atom stereocenters. The molecule has 5 heteroatoms. The van der Waals surface area contributed by atoms with Crippen molar-refractivity contribution in [2.24, 2.45) is 0 Å². The van der Waals surface area contributed by atoms with Crippen LogP contribution in [0.3, 0.4) is 0 Å². The van der Waals surface area contributed by atoms with Gasteiger partial charge in [-0.05, 0) is 24.3 Å². The summed E-state index contributed by atoms with van der Waals surface area (Å²) in [6.45, 7) is 0. The van der Waals surface area contributed by atoms with E-state index in [2.05, 4.69) is 0 Å². The summed E-state index contributed by atoms with van der Waals surface area (Å²) < 4.78 is 6.49. The standard InChI is InChI=1S/C14H11ClO2S2/c15-14-6-5-9(19-14)7-10(16)12-8-18-13-4-2-1-3-11(13)17-12/h1-6,12H,7-8H2. The lowest BCUT2D eigenvalue weighted by Crippen LogP contribution is -2.33. The van der Waals surface area contributed by atoms with Gasteiger partial charge in [0.05, 0.1) is 4.34 Å². The molecule has 3 rings (SSSR count). The molecule has 0 saturated carbocycles. The van der Waals surface area contributed by atoms with E-state index in [0.29, 0.717) is 16.5 Å². The monoisotopic (exact) mass is 310 g/mol. The second kappa shape index (κ2) is 5.57. The van der Waals surface area contributed by atoms with Gasteiger partial charge in [-0.25, -0.2) is 0 Å². The summed E-state index contributed by atoms with van der Waals surface area (Å²) in [5.41, 5.74) is 0. The molecule has 0 spiro atoms. The third kappa shape index (κ3) is 2.96. The highest BCUT2D eigenvalue weighted by atomic mass is 35.5. The number of para-hydroxylation sites is 1. The van der Waals surface area contributed by atoms with Crippen LogP contribution in [-0.2, 0) is 11.2 Å². The molecule has 2 heterocycles. The van der Waals surface area contributed by atoms with Crippen LogP contribution in [0, 0.1) is 0 Å². The van der Waals surface area contributed by atoms with Gasteiger partial charge in [-0.2, -0.15) is 0 Å². The highest BCUT2D eigenvalue weighted by molar-refractivity contribution is 7.99. The number of hydrogen-bond donors (Lipinski definition) is 0. The van der Waals surface area contributed by atoms with Gasteiger partial charge in [-0.15, -0.1) is 23.1 Å². The zero-order valence-corrected chi connectivity index (χ0v) is 12.4. The molecule has 1 aliphatic heterocycles. The molecule has 0 bridgehead atoms. The van der Waals surface area contributed by atoms with E-state index in [1.165, 1.54) is 11.3 Å². The van der Waals surface area contributed by atoms with E-state index in [0.717, 1.165) is 15.5 Å². The largest absolute Gasteiger partial charge is 0.481 e. The molecule has 0 aliphatic carbocycles. The van der Waals surface area contributed by atoms with E-state index in [1.54, 1.807) is 11.8 Å². The van der Waals surface area contributed by atoms with Crippen molar-refractivity contribution in [3.63, 3.8) is 0 Å². The van der Waals surface area contributed by atoms with Crippen LogP contribution < -0.4 is 4.74 Å². The summed E-state index contributed by atoms with van der Waals surface area (Å²) in [7, 11) is 0. The van der Waals surface area contributed by atoms with Gasteiger partial charge in [0, 0.05) is 21.9 Å². The van der Waals surface area contributed by atoms with Gasteiger partial charge in [-0.3, -0.25) is 4.79 Å². The maximum Gasteiger partial charge on any atom is 0.179 e. The van der Waals surface area contributed by atoms with Gasteiger partial charge < -0.3 is 4.74 Å². The second-order valence-corrected chi connectivity index (χ2v) is 7.07. The third-order valence-electron chi connectivity index (χ3n) is 2.85. The van der Waals surface area contributed by atoms with Crippen LogP contribution in [0.5, 0.6) is 5.75 Å². The van der Waals surface area contributed by atoms with Gasteiger partial charge in [0.2, 0.25) is 0 Å². The van der Waals surface area contributed by atoms with Crippen LogP contribution in [-0.4, -0.2) is 17.6 Å². The molecule has 1 aromatic carbocycles. The molecule has 0 saturated heterocycles. The fourth-order valence-electron chi connectivity index (χ4n) is 1.91. The van der Waals surface area contributed by atoms with Crippen molar-refractivity contribution in [1.82, 2.24) is 0 Å². The molecule has 0 amide bonds. The Balaban J connectivity index is 1.69. The number of hydrogen-bond acceptors (Lipinski definition) is 4. The number of carbonyl (C=O) groups excluding carboxylic acids is 1. The minimum absolute atomic E-state index is 0.112. The van der Waals surface area contributed by atoms with E-state index in [1.807, 2.05) is 36.4 Å². The number of Topliss-reactive ketones (excluding diaryl/α,β-unsaturated/α-hetero) is 1. The van der Waals surface area contributed by atoms with Crippen molar-refractivity contribution in [3.05, 3.63) is 45.6 Å². The van der Waals surface area contributed by atoms with Crippen LogP contribution in [0.25, 0.3) is 0 Å². The summed E-state index contributed by atoms with van der Waals surface area (Å²) in [6, 6.07) is 11.5. The summed E-state index contributed by atoms with van der Waals surface area (Å²) in [4.78, 5) is 14.3. The highest BCUT2D eigenvalue weighted by Crippen LogP contribution is 2.35. The number of carbonyl (C=O) groups is 1. The van der Waals surface area contributed by atoms with E-state index < -0.39 is 0 Å². The lowest BCUT2D eigenvalue weighted by molar-refractivity contribution is -0.124. The van der Waals surface area contributed by atoms with Crippen LogP contribution in [0.15, 0.2) is 41.3 Å². The smallest absolute Gasteiger partial charge is 0.179 e. The number of ketones is 1. The molecule has 1 aliphatic rings. The van der Waals surface area contributed by atoms with Gasteiger partial charge in [0.15, 0.2) is 11.9 Å². The molecule has 1 unspecified atom stereocenters. The Morgan fingerprint density at radius 3 is 2.95 bits per heavy atom. The topological polar surface area (TPSA) is 26.3 Å². The second-order valence-electron chi connectivity index (χ2n) is 4.21. The number of rotatable bonds is 3. The first-order valence-electron chi connectivity index (χ1n) is 5.88. The normalized spacial score (nSPS) is 17.6.